The zero-order valence-corrected chi connectivity index (χ0v) is 20.6. The summed E-state index contributed by atoms with van der Waals surface area (Å²) in [7, 11) is 0. The van der Waals surface area contributed by atoms with Crippen molar-refractivity contribution in [2.75, 3.05) is 5.32 Å². The van der Waals surface area contributed by atoms with Crippen LogP contribution in [0.1, 0.15) is 17.9 Å². The van der Waals surface area contributed by atoms with Gasteiger partial charge in [0.25, 0.3) is 0 Å². The first-order chi connectivity index (χ1) is 18.5. The van der Waals surface area contributed by atoms with Crippen molar-refractivity contribution < 1.29 is 31.9 Å². The van der Waals surface area contributed by atoms with Gasteiger partial charge in [0.2, 0.25) is 11.8 Å². The molecule has 1 atom stereocenters. The smallest absolute Gasteiger partial charge is 0.397 e. The van der Waals surface area contributed by atoms with Crippen LogP contribution in [-0.4, -0.2) is 39.0 Å². The number of carbonyl (C=O) groups excluding carboxylic acids is 2. The summed E-state index contributed by atoms with van der Waals surface area (Å²) >= 11 is 0. The van der Waals surface area contributed by atoms with Gasteiger partial charge in [0.15, 0.2) is 0 Å². The number of imidazole rings is 1. The minimum Gasteiger partial charge on any atom is -0.457 e. The summed E-state index contributed by atoms with van der Waals surface area (Å²) in [5, 5.41) is 4.71. The number of aromatic amines is 1. The number of H-pyrrole nitrogens is 1. The molecule has 2 amide bonds. The minimum absolute atomic E-state index is 0.106. The van der Waals surface area contributed by atoms with Crippen molar-refractivity contribution in [1.29, 1.82) is 0 Å². The number of aryl methyl sites for hydroxylation is 1. The van der Waals surface area contributed by atoms with Crippen LogP contribution in [0.25, 0.3) is 11.3 Å². The molecule has 0 bridgehead atoms. The summed E-state index contributed by atoms with van der Waals surface area (Å²) < 4.78 is 56.8. The van der Waals surface area contributed by atoms with Gasteiger partial charge >= 0.3 is 6.18 Å². The largest absolute Gasteiger partial charge is 0.457 e. The molecular weight excluding hydrogens is 518 g/mol. The molecule has 2 aromatic heterocycles. The van der Waals surface area contributed by atoms with Gasteiger partial charge in [-0.2, -0.15) is 13.2 Å². The van der Waals surface area contributed by atoms with E-state index in [1.807, 2.05) is 0 Å². The quantitative estimate of drug-likeness (QED) is 0.248. The number of pyridine rings is 1. The molecule has 12 heteroatoms. The SMILES string of the molecule is Cc1ncc(C[C@H](NC(=O)CC(F)(F)F)C(=O)Nc2cccc(-c3ccc(Oc4ccc(F)cc4)cc3)n2)[nH]1. The van der Waals surface area contributed by atoms with Crippen LogP contribution < -0.4 is 15.4 Å². The first-order valence-corrected chi connectivity index (χ1v) is 11.7. The van der Waals surface area contributed by atoms with Crippen molar-refractivity contribution in [2.45, 2.75) is 32.0 Å². The molecule has 4 aromatic rings. The van der Waals surface area contributed by atoms with Gasteiger partial charge in [-0.05, 0) is 67.6 Å². The molecule has 0 aliphatic heterocycles. The Hall–Kier alpha value is -4.74. The molecule has 4 rings (SSSR count). The number of benzene rings is 2. The lowest BCUT2D eigenvalue weighted by Gasteiger charge is -2.18. The zero-order chi connectivity index (χ0) is 28.0. The maximum Gasteiger partial charge on any atom is 0.397 e. The molecule has 0 spiro atoms. The Morgan fingerprint density at radius 1 is 1.00 bits per heavy atom. The van der Waals surface area contributed by atoms with Gasteiger partial charge in [-0.1, -0.05) is 6.07 Å². The molecule has 3 N–H and O–H groups in total. The number of nitrogens with zero attached hydrogens (tertiary/aromatic N) is 2. The highest BCUT2D eigenvalue weighted by Crippen LogP contribution is 2.26. The summed E-state index contributed by atoms with van der Waals surface area (Å²) in [6.45, 7) is 1.68. The number of nitrogens with one attached hydrogen (secondary N) is 3. The first-order valence-electron chi connectivity index (χ1n) is 11.7. The molecule has 0 unspecified atom stereocenters. The van der Waals surface area contributed by atoms with E-state index < -0.39 is 30.5 Å². The van der Waals surface area contributed by atoms with E-state index in [4.69, 9.17) is 4.74 Å². The number of amides is 2. The highest BCUT2D eigenvalue weighted by Gasteiger charge is 2.33. The average Bonchev–Trinajstić information content (AvgIpc) is 3.29. The fraction of sp³-hybridized carbons (Fsp3) is 0.185. The van der Waals surface area contributed by atoms with Crippen LogP contribution in [0.5, 0.6) is 11.5 Å². The number of carbonyl (C=O) groups is 2. The monoisotopic (exact) mass is 541 g/mol. The summed E-state index contributed by atoms with van der Waals surface area (Å²) in [6.07, 6.45) is -5.10. The van der Waals surface area contributed by atoms with Gasteiger partial charge in [-0.25, -0.2) is 14.4 Å². The predicted molar refractivity (Wildman–Crippen MR) is 134 cm³/mol. The molecule has 39 heavy (non-hydrogen) atoms. The van der Waals surface area contributed by atoms with Crippen molar-refractivity contribution in [2.24, 2.45) is 0 Å². The van der Waals surface area contributed by atoms with Crippen molar-refractivity contribution in [3.8, 4) is 22.8 Å². The fourth-order valence-electron chi connectivity index (χ4n) is 3.64. The van der Waals surface area contributed by atoms with Crippen molar-refractivity contribution in [3.05, 3.63) is 90.3 Å². The molecule has 8 nitrogen and oxygen atoms in total. The summed E-state index contributed by atoms with van der Waals surface area (Å²) in [4.78, 5) is 36.2. The Morgan fingerprint density at radius 3 is 2.28 bits per heavy atom. The molecule has 0 saturated carbocycles. The van der Waals surface area contributed by atoms with Gasteiger partial charge in [0, 0.05) is 23.9 Å². The number of anilines is 1. The maximum absolute atomic E-state index is 13.1. The van der Waals surface area contributed by atoms with E-state index in [0.717, 1.165) is 0 Å². The highest BCUT2D eigenvalue weighted by atomic mass is 19.4. The lowest BCUT2D eigenvalue weighted by molar-refractivity contribution is -0.154. The summed E-state index contributed by atoms with van der Waals surface area (Å²) in [6, 6.07) is 16.0. The number of alkyl halides is 3. The topological polar surface area (TPSA) is 109 Å². The van der Waals surface area contributed by atoms with Gasteiger partial charge in [0.05, 0.1) is 5.69 Å². The average molecular weight is 542 g/mol. The molecule has 0 radical (unpaired) electrons. The second-order valence-electron chi connectivity index (χ2n) is 8.59. The molecular formula is C27H23F4N5O3. The minimum atomic E-state index is -4.72. The Morgan fingerprint density at radius 2 is 1.67 bits per heavy atom. The lowest BCUT2D eigenvalue weighted by Crippen LogP contribution is -2.46. The molecule has 202 valence electrons. The number of ether oxygens (including phenoxy) is 1. The third kappa shape index (κ3) is 8.12. The summed E-state index contributed by atoms with van der Waals surface area (Å²) in [5.41, 5.74) is 1.66. The van der Waals surface area contributed by atoms with E-state index in [9.17, 15) is 27.2 Å². The van der Waals surface area contributed by atoms with Crippen LogP contribution in [0.4, 0.5) is 23.4 Å². The van der Waals surface area contributed by atoms with Crippen LogP contribution >= 0.6 is 0 Å². The van der Waals surface area contributed by atoms with Crippen LogP contribution in [0.3, 0.4) is 0 Å². The molecule has 0 aliphatic carbocycles. The van der Waals surface area contributed by atoms with Crippen LogP contribution in [0.2, 0.25) is 0 Å². The van der Waals surface area contributed by atoms with E-state index in [-0.39, 0.29) is 18.1 Å². The van der Waals surface area contributed by atoms with E-state index in [2.05, 4.69) is 25.6 Å². The molecule has 0 fully saturated rings. The Balaban J connectivity index is 1.46. The Bertz CT molecular complexity index is 1440. The van der Waals surface area contributed by atoms with E-state index in [0.29, 0.717) is 34.3 Å². The number of hydrogen-bond donors (Lipinski definition) is 3. The van der Waals surface area contributed by atoms with E-state index >= 15 is 0 Å². The van der Waals surface area contributed by atoms with Gasteiger partial charge in [-0.3, -0.25) is 9.59 Å². The van der Waals surface area contributed by atoms with Gasteiger partial charge in [0.1, 0.15) is 41.4 Å². The van der Waals surface area contributed by atoms with Crippen LogP contribution in [-0.2, 0) is 16.0 Å². The number of aromatic nitrogens is 3. The third-order valence-electron chi connectivity index (χ3n) is 5.39. The van der Waals surface area contributed by atoms with Crippen molar-refractivity contribution >= 4 is 17.6 Å². The molecule has 0 aliphatic rings. The van der Waals surface area contributed by atoms with Crippen LogP contribution in [0.15, 0.2) is 72.9 Å². The van der Waals surface area contributed by atoms with E-state index in [1.54, 1.807) is 43.3 Å². The maximum atomic E-state index is 13.1. The standard InChI is InChI=1S/C27H23F4N5O3/c1-16-32-15-19(33-16)13-23(35-25(37)14-27(29,30)31)26(38)36-24-4-2-3-22(34-24)17-5-9-20(10-6-17)39-21-11-7-18(28)8-12-21/h2-12,15,23H,13-14H2,1H3,(H,32,33)(H,35,37)(H,34,36,38)/t23-/m0/s1. The third-order valence-corrected chi connectivity index (χ3v) is 5.39. The number of rotatable bonds is 9. The highest BCUT2D eigenvalue weighted by molar-refractivity contribution is 5.97. The van der Waals surface area contributed by atoms with Gasteiger partial charge in [-0.15, -0.1) is 0 Å². The fourth-order valence-corrected chi connectivity index (χ4v) is 3.64. The molecule has 2 heterocycles. The second-order valence-corrected chi connectivity index (χ2v) is 8.59. The van der Waals surface area contributed by atoms with E-state index in [1.165, 1.54) is 36.5 Å². The van der Waals surface area contributed by atoms with Crippen molar-refractivity contribution in [3.63, 3.8) is 0 Å². The normalized spacial score (nSPS) is 12.0. The van der Waals surface area contributed by atoms with Crippen molar-refractivity contribution in [1.82, 2.24) is 20.3 Å². The molecule has 2 aromatic carbocycles. The molecule has 0 saturated heterocycles. The summed E-state index contributed by atoms with van der Waals surface area (Å²) in [5.74, 6) is -0.777. The lowest BCUT2D eigenvalue weighted by atomic mass is 10.1. The predicted octanol–water partition coefficient (Wildman–Crippen LogP) is 5.33. The Kier molecular flexibility index (Phi) is 8.23. The number of halogens is 4. The zero-order valence-electron chi connectivity index (χ0n) is 20.6. The Labute approximate surface area is 220 Å². The van der Waals surface area contributed by atoms with Crippen LogP contribution in [0, 0.1) is 12.7 Å². The second kappa shape index (κ2) is 11.8. The number of hydrogen-bond acceptors (Lipinski definition) is 5. The van der Waals surface area contributed by atoms with Gasteiger partial charge < -0.3 is 20.4 Å². The first kappa shape index (κ1) is 27.3.